The molecule has 0 unspecified atom stereocenters. The fourth-order valence-corrected chi connectivity index (χ4v) is 1.88. The minimum atomic E-state index is -2.34. The first-order chi connectivity index (χ1) is 5.24. The van der Waals surface area contributed by atoms with Crippen molar-refractivity contribution < 1.29 is 8.42 Å². The second-order valence-corrected chi connectivity index (χ2v) is 3.80. The van der Waals surface area contributed by atoms with Crippen LogP contribution in [-0.2, 0) is 10.9 Å². The summed E-state index contributed by atoms with van der Waals surface area (Å²) >= 11 is 0. The molecule has 0 aromatic rings. The van der Waals surface area contributed by atoms with Crippen molar-refractivity contribution >= 4 is 10.9 Å². The van der Waals surface area contributed by atoms with Crippen LogP contribution in [0.1, 0.15) is 12.8 Å². The number of rotatable bonds is 2. The van der Waals surface area contributed by atoms with Gasteiger partial charge in [0.05, 0.1) is 0 Å². The van der Waals surface area contributed by atoms with E-state index in [-0.39, 0.29) is 0 Å². The second-order valence-electron chi connectivity index (χ2n) is 2.75. The highest BCUT2D eigenvalue weighted by molar-refractivity contribution is 7.69. The highest BCUT2D eigenvalue weighted by Crippen LogP contribution is 2.08. The minimum Gasteiger partial charge on any atom is -0.317 e. The third-order valence-electron chi connectivity index (χ3n) is 2.11. The zero-order valence-corrected chi connectivity index (χ0v) is 7.51. The summed E-state index contributed by atoms with van der Waals surface area (Å²) in [6.07, 6.45) is 1.86. The van der Waals surface area contributed by atoms with E-state index < -0.39 is 10.9 Å². The monoisotopic (exact) mass is 178 g/mol. The molecule has 66 valence electrons. The average Bonchev–Trinajstić information content (AvgIpc) is 2.05. The van der Waals surface area contributed by atoms with Gasteiger partial charge in [-0.05, 0) is 19.9 Å². The lowest BCUT2D eigenvalue weighted by Gasteiger charge is -2.27. The van der Waals surface area contributed by atoms with Gasteiger partial charge in [0.15, 0.2) is 0 Å². The molecule has 1 N–H and O–H groups in total. The quantitative estimate of drug-likeness (QED) is 0.544. The van der Waals surface area contributed by atoms with Gasteiger partial charge in [0.1, 0.15) is 0 Å². The van der Waals surface area contributed by atoms with Crippen molar-refractivity contribution in [3.8, 4) is 0 Å². The topological polar surface area (TPSA) is 49.4 Å². The molecule has 1 aliphatic rings. The van der Waals surface area contributed by atoms with Crippen LogP contribution in [0.25, 0.3) is 0 Å². The summed E-state index contributed by atoms with van der Waals surface area (Å²) in [4.78, 5) is 0. The van der Waals surface area contributed by atoms with Crippen molar-refractivity contribution in [3.05, 3.63) is 0 Å². The van der Waals surface area contributed by atoms with Gasteiger partial charge in [-0.1, -0.05) is 0 Å². The lowest BCUT2D eigenvalue weighted by atomic mass is 10.1. The molecular weight excluding hydrogens is 164 g/mol. The summed E-state index contributed by atoms with van der Waals surface area (Å²) < 4.78 is 22.5. The lowest BCUT2D eigenvalue weighted by Crippen LogP contribution is -2.40. The highest BCUT2D eigenvalue weighted by atomic mass is 32.2. The van der Waals surface area contributed by atoms with Crippen LogP contribution in [0.3, 0.4) is 0 Å². The van der Waals surface area contributed by atoms with E-state index in [1.54, 1.807) is 0 Å². The highest BCUT2D eigenvalue weighted by Gasteiger charge is 2.18. The Morgan fingerprint density at radius 2 is 1.91 bits per heavy atom. The fourth-order valence-electron chi connectivity index (χ4n) is 1.32. The van der Waals surface area contributed by atoms with Gasteiger partial charge in [-0.25, -0.2) is 12.7 Å². The molecule has 0 saturated carbocycles. The van der Waals surface area contributed by atoms with Gasteiger partial charge in [0, 0.05) is 19.1 Å². The van der Waals surface area contributed by atoms with Crippen molar-refractivity contribution in [1.29, 1.82) is 0 Å². The molecule has 1 saturated heterocycles. The van der Waals surface area contributed by atoms with Gasteiger partial charge in [-0.2, -0.15) is 0 Å². The molecule has 0 aromatic carbocycles. The van der Waals surface area contributed by atoms with Crippen molar-refractivity contribution in [2.24, 2.45) is 0 Å². The largest absolute Gasteiger partial charge is 0.317 e. The third-order valence-corrected chi connectivity index (χ3v) is 2.97. The molecule has 0 spiro atoms. The first kappa shape index (κ1) is 8.96. The van der Waals surface area contributed by atoms with Crippen molar-refractivity contribution in [1.82, 2.24) is 9.62 Å². The van der Waals surface area contributed by atoms with Crippen LogP contribution in [0.15, 0.2) is 0 Å². The number of piperidine rings is 1. The maximum atomic E-state index is 10.5. The first-order valence-corrected chi connectivity index (χ1v) is 4.93. The molecule has 1 rings (SSSR count). The molecule has 0 radical (unpaired) electrons. The average molecular weight is 178 g/mol. The summed E-state index contributed by atoms with van der Waals surface area (Å²) in [5.74, 6) is 0. The van der Waals surface area contributed by atoms with E-state index in [9.17, 15) is 8.42 Å². The van der Waals surface area contributed by atoms with Crippen molar-refractivity contribution in [2.45, 2.75) is 18.9 Å². The van der Waals surface area contributed by atoms with E-state index in [0.29, 0.717) is 19.1 Å². The molecule has 0 aliphatic carbocycles. The Kier molecular flexibility index (Phi) is 3.29. The number of hydrogen-bond acceptors (Lipinski definition) is 3. The van der Waals surface area contributed by atoms with Crippen LogP contribution >= 0.6 is 0 Å². The van der Waals surface area contributed by atoms with E-state index in [1.807, 2.05) is 7.05 Å². The summed E-state index contributed by atoms with van der Waals surface area (Å²) in [5, 5.41) is 3.14. The molecule has 1 aliphatic heterocycles. The molecule has 1 fully saturated rings. The van der Waals surface area contributed by atoms with Gasteiger partial charge in [0.25, 0.3) is 0 Å². The van der Waals surface area contributed by atoms with E-state index in [2.05, 4.69) is 5.32 Å². The third kappa shape index (κ3) is 2.43. The van der Waals surface area contributed by atoms with Crippen LogP contribution in [0.5, 0.6) is 0 Å². The van der Waals surface area contributed by atoms with Crippen molar-refractivity contribution in [3.63, 3.8) is 0 Å². The Balaban J connectivity index is 2.36. The number of hydrogen-bond donors (Lipinski definition) is 2. The van der Waals surface area contributed by atoms with E-state index in [1.165, 1.54) is 4.31 Å². The number of nitrogens with one attached hydrogen (secondary N) is 1. The van der Waals surface area contributed by atoms with Crippen LogP contribution in [-0.4, -0.2) is 38.9 Å². The van der Waals surface area contributed by atoms with Crippen molar-refractivity contribution in [2.75, 3.05) is 20.1 Å². The van der Waals surface area contributed by atoms with Gasteiger partial charge < -0.3 is 5.32 Å². The minimum absolute atomic E-state index is 0.501. The Labute approximate surface area is 68.7 Å². The van der Waals surface area contributed by atoms with Crippen LogP contribution < -0.4 is 5.32 Å². The molecule has 4 nitrogen and oxygen atoms in total. The van der Waals surface area contributed by atoms with Gasteiger partial charge in [-0.15, -0.1) is 0 Å². The normalized spacial score (nSPS) is 22.7. The maximum Gasteiger partial charge on any atom is 0.203 e. The standard InChI is InChI=1S/C6H14N2O2S/c1-7-6-2-4-8(5-3-6)11(9)10/h6-7,11H,2-5H2,1H3. The Morgan fingerprint density at radius 3 is 2.27 bits per heavy atom. The molecular formula is C6H14N2O2S. The smallest absolute Gasteiger partial charge is 0.203 e. The maximum absolute atomic E-state index is 10.5. The Bertz CT molecular complexity index is 177. The van der Waals surface area contributed by atoms with Gasteiger partial charge in [-0.3, -0.25) is 0 Å². The summed E-state index contributed by atoms with van der Waals surface area (Å²) in [5.41, 5.74) is 0. The van der Waals surface area contributed by atoms with Crippen LogP contribution in [0.2, 0.25) is 0 Å². The zero-order chi connectivity index (χ0) is 8.27. The summed E-state index contributed by atoms with van der Waals surface area (Å²) in [6.45, 7) is 1.34. The zero-order valence-electron chi connectivity index (χ0n) is 6.62. The lowest BCUT2D eigenvalue weighted by molar-refractivity contribution is 0.305. The van der Waals surface area contributed by atoms with Crippen LogP contribution in [0.4, 0.5) is 0 Å². The van der Waals surface area contributed by atoms with Gasteiger partial charge >= 0.3 is 0 Å². The van der Waals surface area contributed by atoms with E-state index in [4.69, 9.17) is 0 Å². The van der Waals surface area contributed by atoms with E-state index in [0.717, 1.165) is 12.8 Å². The number of thiol groups is 1. The molecule has 0 aromatic heterocycles. The molecule has 5 heteroatoms. The molecule has 1 heterocycles. The molecule has 0 amide bonds. The van der Waals surface area contributed by atoms with E-state index >= 15 is 0 Å². The Morgan fingerprint density at radius 1 is 1.36 bits per heavy atom. The predicted octanol–water partition coefficient (Wildman–Crippen LogP) is -0.803. The molecule has 11 heavy (non-hydrogen) atoms. The fraction of sp³-hybridized carbons (Fsp3) is 1.00. The Hall–Kier alpha value is -0.130. The summed E-state index contributed by atoms with van der Waals surface area (Å²) in [7, 11) is -0.423. The number of nitrogens with zero attached hydrogens (tertiary/aromatic N) is 1. The van der Waals surface area contributed by atoms with Crippen LogP contribution in [0, 0.1) is 0 Å². The first-order valence-electron chi connectivity index (χ1n) is 3.80. The molecule has 0 atom stereocenters. The molecule has 0 bridgehead atoms. The summed E-state index contributed by atoms with van der Waals surface area (Å²) in [6, 6.07) is 0.501. The van der Waals surface area contributed by atoms with Gasteiger partial charge in [0.2, 0.25) is 10.9 Å². The predicted molar refractivity (Wildman–Crippen MR) is 44.0 cm³/mol. The second kappa shape index (κ2) is 4.04. The SMILES string of the molecule is CNC1CCN([SH](=O)=O)CC1.